The van der Waals surface area contributed by atoms with Crippen LogP contribution >= 0.6 is 31.9 Å². The van der Waals surface area contributed by atoms with Gasteiger partial charge in [0.15, 0.2) is 0 Å². The van der Waals surface area contributed by atoms with Gasteiger partial charge >= 0.3 is 11.9 Å². The lowest BCUT2D eigenvalue weighted by molar-refractivity contribution is -0.153. The van der Waals surface area contributed by atoms with E-state index in [0.717, 1.165) is 18.2 Å². The van der Waals surface area contributed by atoms with E-state index in [4.69, 9.17) is 0 Å². The monoisotopic (exact) mass is 424 g/mol. The summed E-state index contributed by atoms with van der Waals surface area (Å²) in [6, 6.07) is 0. The Morgan fingerprint density at radius 3 is 2.10 bits per heavy atom. The van der Waals surface area contributed by atoms with Crippen molar-refractivity contribution in [2.24, 2.45) is 5.92 Å². The molecular weight excluding hydrogens is 400 g/mol. The molecular formula is C16H26Br2O3. The van der Waals surface area contributed by atoms with E-state index in [-0.39, 0.29) is 24.3 Å². The molecule has 21 heavy (non-hydrogen) atoms. The van der Waals surface area contributed by atoms with Gasteiger partial charge in [0.05, 0.1) is 12.3 Å². The number of esters is 2. The van der Waals surface area contributed by atoms with Crippen molar-refractivity contribution in [3.05, 3.63) is 0 Å². The van der Waals surface area contributed by atoms with Crippen LogP contribution in [-0.2, 0) is 14.3 Å². The molecule has 2 atom stereocenters. The van der Waals surface area contributed by atoms with Gasteiger partial charge in [-0.1, -0.05) is 76.8 Å². The van der Waals surface area contributed by atoms with Crippen molar-refractivity contribution in [1.29, 1.82) is 0 Å². The topological polar surface area (TPSA) is 43.4 Å². The van der Waals surface area contributed by atoms with E-state index in [1.54, 1.807) is 0 Å². The second kappa shape index (κ2) is 11.6. The Balaban J connectivity index is 1.93. The molecule has 0 bridgehead atoms. The number of hydrogen-bond acceptors (Lipinski definition) is 3. The molecule has 5 heteroatoms. The molecule has 0 radical (unpaired) electrons. The highest BCUT2D eigenvalue weighted by Crippen LogP contribution is 2.26. The lowest BCUT2D eigenvalue weighted by Gasteiger charge is -2.11. The number of unbranched alkanes of at least 4 members (excludes halogenated alkanes) is 7. The molecule has 0 aromatic heterocycles. The number of rotatable bonds is 12. The minimum Gasteiger partial charge on any atom is -0.393 e. The van der Waals surface area contributed by atoms with E-state index in [0.29, 0.717) is 4.83 Å². The molecule has 1 heterocycles. The second-order valence-corrected chi connectivity index (χ2v) is 7.92. The van der Waals surface area contributed by atoms with Crippen molar-refractivity contribution in [2.45, 2.75) is 75.5 Å². The molecule has 0 aliphatic carbocycles. The number of halogens is 2. The summed E-state index contributed by atoms with van der Waals surface area (Å²) < 4.78 is 4.57. The Bertz CT molecular complexity index is 321. The minimum absolute atomic E-state index is 0.226. The summed E-state index contributed by atoms with van der Waals surface area (Å²) >= 11 is 7.08. The average Bonchev–Trinajstić information content (AvgIpc) is 2.75. The van der Waals surface area contributed by atoms with Crippen LogP contribution < -0.4 is 0 Å². The standard InChI is InChI=1S/C16H26Br2O3/c17-10-8-6-4-2-1-3-5-7-9-14(18)11-13-12-15(19)21-16(13)20/h13-14H,1-12H2. The number of ether oxygens (including phenoxy) is 1. The van der Waals surface area contributed by atoms with E-state index in [1.165, 1.54) is 51.4 Å². The van der Waals surface area contributed by atoms with Crippen LogP contribution in [0.4, 0.5) is 0 Å². The second-order valence-electron chi connectivity index (χ2n) is 5.83. The van der Waals surface area contributed by atoms with Crippen LogP contribution in [0.25, 0.3) is 0 Å². The number of hydrogen-bond donors (Lipinski definition) is 0. The number of carbonyl (C=O) groups is 2. The predicted octanol–water partition coefficient (Wildman–Crippen LogP) is 5.14. The molecule has 122 valence electrons. The fourth-order valence-corrected chi connectivity index (χ4v) is 3.82. The van der Waals surface area contributed by atoms with E-state index in [9.17, 15) is 9.59 Å². The zero-order valence-corrected chi connectivity index (χ0v) is 15.8. The van der Waals surface area contributed by atoms with Gasteiger partial charge in [0.25, 0.3) is 0 Å². The molecule has 1 fully saturated rings. The Kier molecular flexibility index (Phi) is 10.6. The molecule has 0 spiro atoms. The van der Waals surface area contributed by atoms with Crippen LogP contribution in [0.15, 0.2) is 0 Å². The van der Waals surface area contributed by atoms with Crippen molar-refractivity contribution < 1.29 is 14.3 Å². The fourth-order valence-electron chi connectivity index (χ4n) is 2.65. The van der Waals surface area contributed by atoms with Crippen LogP contribution in [0.1, 0.15) is 70.6 Å². The van der Waals surface area contributed by atoms with Gasteiger partial charge in [-0.3, -0.25) is 9.59 Å². The van der Waals surface area contributed by atoms with Crippen LogP contribution in [0, 0.1) is 5.92 Å². The molecule has 0 N–H and O–H groups in total. The highest BCUT2D eigenvalue weighted by molar-refractivity contribution is 9.09. The van der Waals surface area contributed by atoms with Crippen LogP contribution in [0.3, 0.4) is 0 Å². The smallest absolute Gasteiger partial charge is 0.317 e. The van der Waals surface area contributed by atoms with Gasteiger partial charge < -0.3 is 4.74 Å². The molecule has 3 nitrogen and oxygen atoms in total. The quantitative estimate of drug-likeness (QED) is 0.188. The zero-order chi connectivity index (χ0) is 15.5. The minimum atomic E-state index is -0.371. The Morgan fingerprint density at radius 1 is 1.00 bits per heavy atom. The highest BCUT2D eigenvalue weighted by Gasteiger charge is 2.34. The van der Waals surface area contributed by atoms with Gasteiger partial charge in [-0.2, -0.15) is 0 Å². The number of carbonyl (C=O) groups excluding carboxylic acids is 2. The first-order valence-electron chi connectivity index (χ1n) is 8.08. The first kappa shape index (κ1) is 19.1. The van der Waals surface area contributed by atoms with E-state index >= 15 is 0 Å². The first-order chi connectivity index (χ1) is 10.1. The third-order valence-corrected chi connectivity index (χ3v) is 5.29. The zero-order valence-electron chi connectivity index (χ0n) is 12.6. The summed E-state index contributed by atoms with van der Waals surface area (Å²) in [5.74, 6) is -0.936. The maximum absolute atomic E-state index is 11.4. The lowest BCUT2D eigenvalue weighted by Crippen LogP contribution is -2.13. The fraction of sp³-hybridized carbons (Fsp3) is 0.875. The molecule has 2 unspecified atom stereocenters. The van der Waals surface area contributed by atoms with Gasteiger partial charge in [0, 0.05) is 10.2 Å². The van der Waals surface area contributed by atoms with Crippen LogP contribution in [-0.4, -0.2) is 22.1 Å². The highest BCUT2D eigenvalue weighted by atomic mass is 79.9. The third kappa shape index (κ3) is 8.97. The molecule has 0 amide bonds. The molecule has 0 aromatic carbocycles. The van der Waals surface area contributed by atoms with E-state index in [1.807, 2.05) is 0 Å². The normalized spacial score (nSPS) is 19.8. The van der Waals surface area contributed by atoms with Crippen molar-refractivity contribution in [2.75, 3.05) is 5.33 Å². The largest absolute Gasteiger partial charge is 0.393 e. The maximum Gasteiger partial charge on any atom is 0.317 e. The molecule has 1 aliphatic heterocycles. The Labute approximate surface area is 144 Å². The summed E-state index contributed by atoms with van der Waals surface area (Å²) in [4.78, 5) is 22.7. The molecule has 1 saturated heterocycles. The van der Waals surface area contributed by atoms with Crippen LogP contribution in [0.2, 0.25) is 0 Å². The van der Waals surface area contributed by atoms with E-state index < -0.39 is 0 Å². The lowest BCUT2D eigenvalue weighted by atomic mass is 9.98. The summed E-state index contributed by atoms with van der Waals surface area (Å²) in [6.07, 6.45) is 12.5. The maximum atomic E-state index is 11.4. The van der Waals surface area contributed by atoms with Crippen LogP contribution in [0.5, 0.6) is 0 Å². The molecule has 1 aliphatic rings. The Morgan fingerprint density at radius 2 is 1.57 bits per heavy atom. The first-order valence-corrected chi connectivity index (χ1v) is 10.1. The number of cyclic esters (lactones) is 2. The Hall–Kier alpha value is 0.1000. The van der Waals surface area contributed by atoms with Gasteiger partial charge in [0.2, 0.25) is 0 Å². The predicted molar refractivity (Wildman–Crippen MR) is 91.9 cm³/mol. The number of alkyl halides is 2. The summed E-state index contributed by atoms with van der Waals surface area (Å²) in [6.45, 7) is 0. The summed E-state index contributed by atoms with van der Waals surface area (Å²) in [5.41, 5.74) is 0. The summed E-state index contributed by atoms with van der Waals surface area (Å²) in [7, 11) is 0. The SMILES string of the molecule is O=C1CC(CC(Br)CCCCCCCCCCBr)C(=O)O1. The van der Waals surface area contributed by atoms with Gasteiger partial charge in [-0.25, -0.2) is 0 Å². The van der Waals surface area contributed by atoms with Crippen molar-refractivity contribution in [3.63, 3.8) is 0 Å². The van der Waals surface area contributed by atoms with Crippen molar-refractivity contribution in [3.8, 4) is 0 Å². The van der Waals surface area contributed by atoms with Crippen molar-refractivity contribution >= 4 is 43.8 Å². The van der Waals surface area contributed by atoms with Gasteiger partial charge in [-0.05, 0) is 19.3 Å². The van der Waals surface area contributed by atoms with Gasteiger partial charge in [-0.15, -0.1) is 0 Å². The van der Waals surface area contributed by atoms with Gasteiger partial charge in [0.1, 0.15) is 0 Å². The molecule has 0 saturated carbocycles. The van der Waals surface area contributed by atoms with Crippen molar-refractivity contribution in [1.82, 2.24) is 0 Å². The molecule has 1 rings (SSSR count). The van der Waals surface area contributed by atoms with E-state index in [2.05, 4.69) is 36.6 Å². The average molecular weight is 426 g/mol. The summed E-state index contributed by atoms with van der Waals surface area (Å²) in [5, 5.41) is 1.12. The molecule has 0 aromatic rings. The third-order valence-electron chi connectivity index (χ3n) is 3.90.